The van der Waals surface area contributed by atoms with Gasteiger partial charge in [0, 0.05) is 30.0 Å². The molecule has 0 saturated carbocycles. The Balaban J connectivity index is 1.83. The lowest BCUT2D eigenvalue weighted by molar-refractivity contribution is -0.134. The van der Waals surface area contributed by atoms with E-state index in [1.807, 2.05) is 36.9 Å². The Hall–Kier alpha value is -2.10. The fourth-order valence-electron chi connectivity index (χ4n) is 3.96. The standard InChI is InChI=1S/C21H28N2O2/c1-16(2)20(25)22-15-21-12-7-6-10-18(21)23(19(24)11-13-21)14-17-8-4-3-5-9-17/h3-5,8-10,16H,6-7,11-15H2,1-2H3,(H,22,25). The predicted octanol–water partition coefficient (Wildman–Crippen LogP) is 3.64. The molecule has 1 aromatic carbocycles. The van der Waals surface area contributed by atoms with Gasteiger partial charge in [0.25, 0.3) is 0 Å². The second-order valence-electron chi connectivity index (χ2n) is 7.60. The van der Waals surface area contributed by atoms with Crippen LogP contribution in [0.3, 0.4) is 0 Å². The summed E-state index contributed by atoms with van der Waals surface area (Å²) in [5.41, 5.74) is 2.18. The molecule has 3 rings (SSSR count). The lowest BCUT2D eigenvalue weighted by atomic mass is 9.69. The van der Waals surface area contributed by atoms with Crippen LogP contribution in [0.1, 0.15) is 51.5 Å². The first-order valence-electron chi connectivity index (χ1n) is 9.34. The van der Waals surface area contributed by atoms with Crippen molar-refractivity contribution in [1.82, 2.24) is 10.2 Å². The van der Waals surface area contributed by atoms with Gasteiger partial charge in [-0.25, -0.2) is 0 Å². The van der Waals surface area contributed by atoms with Crippen LogP contribution in [0, 0.1) is 11.3 Å². The van der Waals surface area contributed by atoms with Gasteiger partial charge in [0.05, 0.1) is 6.54 Å². The molecular weight excluding hydrogens is 312 g/mol. The van der Waals surface area contributed by atoms with Crippen molar-refractivity contribution < 1.29 is 9.59 Å². The third-order valence-electron chi connectivity index (χ3n) is 5.46. The Kier molecular flexibility index (Phi) is 5.26. The number of piperidine rings is 1. The summed E-state index contributed by atoms with van der Waals surface area (Å²) in [5, 5.41) is 3.12. The summed E-state index contributed by atoms with van der Waals surface area (Å²) in [6.07, 6.45) is 6.78. The summed E-state index contributed by atoms with van der Waals surface area (Å²) in [5.74, 6) is 0.270. The molecule has 2 amide bonds. The van der Waals surface area contributed by atoms with Crippen LogP contribution in [0.25, 0.3) is 0 Å². The molecule has 134 valence electrons. The van der Waals surface area contributed by atoms with Crippen LogP contribution in [-0.2, 0) is 16.1 Å². The largest absolute Gasteiger partial charge is 0.355 e. The molecule has 0 radical (unpaired) electrons. The number of rotatable bonds is 5. The molecule has 1 unspecified atom stereocenters. The van der Waals surface area contributed by atoms with E-state index in [0.717, 1.165) is 36.9 Å². The van der Waals surface area contributed by atoms with Crippen molar-refractivity contribution in [3.63, 3.8) is 0 Å². The maximum Gasteiger partial charge on any atom is 0.227 e. The van der Waals surface area contributed by atoms with Crippen LogP contribution in [0.15, 0.2) is 42.1 Å². The third-order valence-corrected chi connectivity index (χ3v) is 5.46. The Morgan fingerprint density at radius 2 is 2.00 bits per heavy atom. The average Bonchev–Trinajstić information content (AvgIpc) is 2.63. The van der Waals surface area contributed by atoms with Crippen molar-refractivity contribution in [1.29, 1.82) is 0 Å². The van der Waals surface area contributed by atoms with E-state index in [4.69, 9.17) is 0 Å². The minimum atomic E-state index is -0.0918. The van der Waals surface area contributed by atoms with Crippen molar-refractivity contribution in [2.24, 2.45) is 11.3 Å². The molecule has 1 aliphatic heterocycles. The molecule has 1 N–H and O–H groups in total. The van der Waals surface area contributed by atoms with E-state index in [2.05, 4.69) is 23.5 Å². The van der Waals surface area contributed by atoms with Crippen LogP contribution in [-0.4, -0.2) is 23.3 Å². The fourth-order valence-corrected chi connectivity index (χ4v) is 3.96. The second kappa shape index (κ2) is 7.42. The molecule has 4 nitrogen and oxygen atoms in total. The van der Waals surface area contributed by atoms with Crippen LogP contribution >= 0.6 is 0 Å². The summed E-state index contributed by atoms with van der Waals surface area (Å²) in [7, 11) is 0. The summed E-state index contributed by atoms with van der Waals surface area (Å²) in [6.45, 7) is 5.08. The van der Waals surface area contributed by atoms with Gasteiger partial charge in [-0.1, -0.05) is 50.3 Å². The molecule has 4 heteroatoms. The van der Waals surface area contributed by atoms with Crippen LogP contribution in [0.4, 0.5) is 0 Å². The zero-order valence-electron chi connectivity index (χ0n) is 15.3. The van der Waals surface area contributed by atoms with Crippen molar-refractivity contribution in [2.75, 3.05) is 6.54 Å². The van der Waals surface area contributed by atoms with E-state index in [-0.39, 0.29) is 23.1 Å². The number of likely N-dealkylation sites (tertiary alicyclic amines) is 1. The molecule has 1 saturated heterocycles. The molecule has 1 heterocycles. The summed E-state index contributed by atoms with van der Waals surface area (Å²) < 4.78 is 0. The molecule has 2 aliphatic rings. The Morgan fingerprint density at radius 3 is 2.72 bits per heavy atom. The zero-order valence-corrected chi connectivity index (χ0v) is 15.3. The lowest BCUT2D eigenvalue weighted by Crippen LogP contribution is -2.50. The van der Waals surface area contributed by atoms with E-state index >= 15 is 0 Å². The molecule has 25 heavy (non-hydrogen) atoms. The highest BCUT2D eigenvalue weighted by atomic mass is 16.2. The van der Waals surface area contributed by atoms with E-state index in [1.165, 1.54) is 0 Å². The molecule has 1 atom stereocenters. The smallest absolute Gasteiger partial charge is 0.227 e. The first-order chi connectivity index (χ1) is 12.0. The highest BCUT2D eigenvalue weighted by molar-refractivity contribution is 5.80. The Labute approximate surface area is 150 Å². The number of nitrogens with one attached hydrogen (secondary N) is 1. The first-order valence-corrected chi connectivity index (χ1v) is 9.34. The fraction of sp³-hybridized carbons (Fsp3) is 0.524. The van der Waals surface area contributed by atoms with Gasteiger partial charge in [-0.05, 0) is 31.2 Å². The number of amides is 2. The van der Waals surface area contributed by atoms with Gasteiger partial charge in [0.1, 0.15) is 0 Å². The second-order valence-corrected chi connectivity index (χ2v) is 7.60. The first kappa shape index (κ1) is 17.7. The van der Waals surface area contributed by atoms with Gasteiger partial charge in [-0.2, -0.15) is 0 Å². The number of nitrogens with zero attached hydrogens (tertiary/aromatic N) is 1. The van der Waals surface area contributed by atoms with Crippen molar-refractivity contribution >= 4 is 11.8 Å². The van der Waals surface area contributed by atoms with Gasteiger partial charge in [0.15, 0.2) is 0 Å². The Morgan fingerprint density at radius 1 is 1.24 bits per heavy atom. The molecule has 0 bridgehead atoms. The SMILES string of the molecule is CC(C)C(=O)NCC12CCCC=C1N(Cc1ccccc1)C(=O)CC2. The predicted molar refractivity (Wildman–Crippen MR) is 98.4 cm³/mol. The van der Waals surface area contributed by atoms with Crippen LogP contribution in [0.2, 0.25) is 0 Å². The number of carbonyl (C=O) groups is 2. The van der Waals surface area contributed by atoms with E-state index in [9.17, 15) is 9.59 Å². The third kappa shape index (κ3) is 3.78. The molecule has 1 aromatic rings. The highest BCUT2D eigenvalue weighted by Crippen LogP contribution is 2.46. The lowest BCUT2D eigenvalue weighted by Gasteiger charge is -2.47. The number of hydrogen-bond donors (Lipinski definition) is 1. The maximum atomic E-state index is 12.6. The van der Waals surface area contributed by atoms with E-state index in [1.54, 1.807) is 0 Å². The summed E-state index contributed by atoms with van der Waals surface area (Å²) in [4.78, 5) is 26.7. The maximum absolute atomic E-state index is 12.6. The number of hydrogen-bond acceptors (Lipinski definition) is 2. The minimum absolute atomic E-state index is 0.0157. The summed E-state index contributed by atoms with van der Waals surface area (Å²) in [6, 6.07) is 10.1. The molecule has 0 aromatic heterocycles. The minimum Gasteiger partial charge on any atom is -0.355 e. The number of benzene rings is 1. The van der Waals surface area contributed by atoms with Crippen molar-refractivity contribution in [2.45, 2.75) is 52.5 Å². The van der Waals surface area contributed by atoms with Gasteiger partial charge in [-0.3, -0.25) is 9.59 Å². The van der Waals surface area contributed by atoms with Crippen LogP contribution in [0.5, 0.6) is 0 Å². The normalized spacial score (nSPS) is 23.2. The summed E-state index contributed by atoms with van der Waals surface area (Å²) >= 11 is 0. The van der Waals surface area contributed by atoms with E-state index < -0.39 is 0 Å². The van der Waals surface area contributed by atoms with Crippen molar-refractivity contribution in [3.05, 3.63) is 47.7 Å². The van der Waals surface area contributed by atoms with Gasteiger partial charge in [-0.15, -0.1) is 0 Å². The molecule has 1 fully saturated rings. The topological polar surface area (TPSA) is 49.4 Å². The van der Waals surface area contributed by atoms with E-state index in [0.29, 0.717) is 19.5 Å². The molecule has 1 aliphatic carbocycles. The number of allylic oxidation sites excluding steroid dienone is 1. The highest BCUT2D eigenvalue weighted by Gasteiger charge is 2.44. The Bertz CT molecular complexity index is 666. The van der Waals surface area contributed by atoms with Crippen molar-refractivity contribution in [3.8, 4) is 0 Å². The van der Waals surface area contributed by atoms with Crippen LogP contribution < -0.4 is 5.32 Å². The quantitative estimate of drug-likeness (QED) is 0.890. The monoisotopic (exact) mass is 340 g/mol. The van der Waals surface area contributed by atoms with Gasteiger partial charge in [0.2, 0.25) is 11.8 Å². The molecular formula is C21H28N2O2. The number of carbonyl (C=O) groups excluding carboxylic acids is 2. The van der Waals surface area contributed by atoms with Gasteiger partial charge >= 0.3 is 0 Å². The zero-order chi connectivity index (χ0) is 17.9. The van der Waals surface area contributed by atoms with Gasteiger partial charge < -0.3 is 10.2 Å². The number of fused-ring (bicyclic) bond motifs is 1. The molecule has 0 spiro atoms. The average molecular weight is 340 g/mol.